The summed E-state index contributed by atoms with van der Waals surface area (Å²) in [6.07, 6.45) is 2.93. The van der Waals surface area contributed by atoms with Crippen molar-refractivity contribution < 1.29 is 19.4 Å². The standard InChI is InChI=1S/C24H23NO4/c26-23(21-7-3-4-8-22(21)24(27)28)25-18-10-13-19(14-11-18)29-20-12-9-16-5-1-2-6-17(16)15-20/h1-2,5-6,9-15,21-22H,3-4,7-8H2,(H,25,26)(H,27,28)/t21-,22-/m1/s1. The van der Waals surface area contributed by atoms with Crippen molar-refractivity contribution in [1.82, 2.24) is 0 Å². The zero-order valence-corrected chi connectivity index (χ0v) is 16.0. The van der Waals surface area contributed by atoms with Crippen LogP contribution in [0.25, 0.3) is 10.8 Å². The first-order valence-electron chi connectivity index (χ1n) is 9.90. The number of carbonyl (C=O) groups excluding carboxylic acids is 1. The highest BCUT2D eigenvalue weighted by Crippen LogP contribution is 2.32. The topological polar surface area (TPSA) is 75.6 Å². The molecule has 0 aromatic heterocycles. The van der Waals surface area contributed by atoms with Gasteiger partial charge in [0.25, 0.3) is 0 Å². The molecule has 0 aliphatic heterocycles. The minimum Gasteiger partial charge on any atom is -0.481 e. The van der Waals surface area contributed by atoms with Crippen LogP contribution in [0.4, 0.5) is 5.69 Å². The van der Waals surface area contributed by atoms with Crippen molar-refractivity contribution in [3.63, 3.8) is 0 Å². The number of fused-ring (bicyclic) bond motifs is 1. The Morgan fingerprint density at radius 3 is 2.21 bits per heavy atom. The first kappa shape index (κ1) is 19.0. The van der Waals surface area contributed by atoms with Crippen LogP contribution < -0.4 is 10.1 Å². The van der Waals surface area contributed by atoms with E-state index in [0.29, 0.717) is 24.3 Å². The summed E-state index contributed by atoms with van der Waals surface area (Å²) in [6.45, 7) is 0. The molecule has 0 bridgehead atoms. The summed E-state index contributed by atoms with van der Waals surface area (Å²) in [5, 5.41) is 14.5. The molecule has 0 radical (unpaired) electrons. The third-order valence-corrected chi connectivity index (χ3v) is 5.50. The Morgan fingerprint density at radius 1 is 0.828 bits per heavy atom. The van der Waals surface area contributed by atoms with Crippen molar-refractivity contribution in [2.24, 2.45) is 11.8 Å². The van der Waals surface area contributed by atoms with Crippen LogP contribution in [0.2, 0.25) is 0 Å². The molecule has 3 aromatic carbocycles. The molecule has 2 N–H and O–H groups in total. The van der Waals surface area contributed by atoms with Gasteiger partial charge in [0.15, 0.2) is 0 Å². The lowest BCUT2D eigenvalue weighted by molar-refractivity contribution is -0.147. The largest absolute Gasteiger partial charge is 0.481 e. The lowest BCUT2D eigenvalue weighted by atomic mass is 9.78. The maximum Gasteiger partial charge on any atom is 0.307 e. The molecule has 5 heteroatoms. The number of carboxylic acids is 1. The van der Waals surface area contributed by atoms with Gasteiger partial charge >= 0.3 is 5.97 Å². The molecular formula is C24H23NO4. The van der Waals surface area contributed by atoms with Crippen LogP contribution in [0.1, 0.15) is 25.7 Å². The van der Waals surface area contributed by atoms with Gasteiger partial charge in [-0.2, -0.15) is 0 Å². The molecule has 29 heavy (non-hydrogen) atoms. The number of carbonyl (C=O) groups is 2. The molecule has 1 amide bonds. The number of benzene rings is 3. The van der Waals surface area contributed by atoms with Crippen molar-refractivity contribution in [2.45, 2.75) is 25.7 Å². The number of carboxylic acid groups (broad SMARTS) is 1. The summed E-state index contributed by atoms with van der Waals surface area (Å²) in [4.78, 5) is 24.0. The van der Waals surface area contributed by atoms with E-state index in [4.69, 9.17) is 4.74 Å². The van der Waals surface area contributed by atoms with Gasteiger partial charge in [-0.05, 0) is 60.0 Å². The highest BCUT2D eigenvalue weighted by molar-refractivity contribution is 5.95. The molecule has 0 spiro atoms. The van der Waals surface area contributed by atoms with Crippen LogP contribution in [0.3, 0.4) is 0 Å². The van der Waals surface area contributed by atoms with Gasteiger partial charge in [0.1, 0.15) is 11.5 Å². The number of anilines is 1. The number of hydrogen-bond acceptors (Lipinski definition) is 3. The van der Waals surface area contributed by atoms with Gasteiger partial charge in [-0.3, -0.25) is 9.59 Å². The molecule has 1 aliphatic rings. The predicted octanol–water partition coefficient (Wildman–Crippen LogP) is 5.46. The van der Waals surface area contributed by atoms with Crippen molar-refractivity contribution in [3.8, 4) is 11.5 Å². The molecule has 2 atom stereocenters. The van der Waals surface area contributed by atoms with Gasteiger partial charge in [0.2, 0.25) is 5.91 Å². The molecule has 148 valence electrons. The molecule has 5 nitrogen and oxygen atoms in total. The van der Waals surface area contributed by atoms with Crippen molar-refractivity contribution >= 4 is 28.3 Å². The van der Waals surface area contributed by atoms with Gasteiger partial charge in [0, 0.05) is 5.69 Å². The quantitative estimate of drug-likeness (QED) is 0.607. The molecule has 3 aromatic rings. The fourth-order valence-corrected chi connectivity index (χ4v) is 3.95. The number of rotatable bonds is 5. The third-order valence-electron chi connectivity index (χ3n) is 5.50. The van der Waals surface area contributed by atoms with Gasteiger partial charge in [-0.1, -0.05) is 43.2 Å². The number of ether oxygens (including phenoxy) is 1. The highest BCUT2D eigenvalue weighted by atomic mass is 16.5. The fraction of sp³-hybridized carbons (Fsp3) is 0.250. The zero-order valence-electron chi connectivity index (χ0n) is 16.0. The molecule has 0 unspecified atom stereocenters. The van der Waals surface area contributed by atoms with E-state index in [1.165, 1.54) is 0 Å². The summed E-state index contributed by atoms with van der Waals surface area (Å²) < 4.78 is 5.92. The van der Waals surface area contributed by atoms with E-state index in [1.807, 2.05) is 36.4 Å². The van der Waals surface area contributed by atoms with Crippen LogP contribution in [0.5, 0.6) is 11.5 Å². The third kappa shape index (κ3) is 4.40. The molecule has 0 saturated heterocycles. The first-order valence-corrected chi connectivity index (χ1v) is 9.90. The van der Waals surface area contributed by atoms with Gasteiger partial charge in [0.05, 0.1) is 11.8 Å². The molecule has 0 heterocycles. The molecular weight excluding hydrogens is 366 g/mol. The highest BCUT2D eigenvalue weighted by Gasteiger charge is 2.35. The number of hydrogen-bond donors (Lipinski definition) is 2. The maximum absolute atomic E-state index is 12.6. The lowest BCUT2D eigenvalue weighted by Crippen LogP contribution is -2.36. The second-order valence-corrected chi connectivity index (χ2v) is 7.46. The average Bonchev–Trinajstić information content (AvgIpc) is 2.75. The normalized spacial score (nSPS) is 18.9. The van der Waals surface area contributed by atoms with Crippen LogP contribution in [0.15, 0.2) is 66.7 Å². The summed E-state index contributed by atoms with van der Waals surface area (Å²) in [7, 11) is 0. The van der Waals surface area contributed by atoms with E-state index in [-0.39, 0.29) is 5.91 Å². The SMILES string of the molecule is O=C(O)[C@@H]1CCCC[C@H]1C(=O)Nc1ccc(Oc2ccc3ccccc3c2)cc1. The van der Waals surface area contributed by atoms with Gasteiger partial charge in [-0.25, -0.2) is 0 Å². The Labute approximate surface area is 169 Å². The second kappa shape index (κ2) is 8.35. The van der Waals surface area contributed by atoms with Crippen LogP contribution in [-0.4, -0.2) is 17.0 Å². The first-order chi connectivity index (χ1) is 14.1. The Bertz CT molecular complexity index is 1030. The van der Waals surface area contributed by atoms with Gasteiger partial charge < -0.3 is 15.2 Å². The average molecular weight is 389 g/mol. The second-order valence-electron chi connectivity index (χ2n) is 7.46. The van der Waals surface area contributed by atoms with E-state index in [9.17, 15) is 14.7 Å². The molecule has 1 saturated carbocycles. The van der Waals surface area contributed by atoms with Crippen LogP contribution in [-0.2, 0) is 9.59 Å². The molecule has 1 aliphatic carbocycles. The Morgan fingerprint density at radius 2 is 1.48 bits per heavy atom. The number of nitrogens with one attached hydrogen (secondary N) is 1. The smallest absolute Gasteiger partial charge is 0.307 e. The zero-order chi connectivity index (χ0) is 20.2. The van der Waals surface area contributed by atoms with E-state index in [1.54, 1.807) is 24.3 Å². The van der Waals surface area contributed by atoms with Crippen molar-refractivity contribution in [2.75, 3.05) is 5.32 Å². The summed E-state index contributed by atoms with van der Waals surface area (Å²) in [5.74, 6) is -0.773. The van der Waals surface area contributed by atoms with Crippen LogP contribution >= 0.6 is 0 Å². The maximum atomic E-state index is 12.6. The van der Waals surface area contributed by atoms with Gasteiger partial charge in [-0.15, -0.1) is 0 Å². The Hall–Kier alpha value is -3.34. The fourth-order valence-electron chi connectivity index (χ4n) is 3.95. The Balaban J connectivity index is 1.42. The summed E-state index contributed by atoms with van der Waals surface area (Å²) in [6, 6.07) is 21.1. The minimum atomic E-state index is -0.885. The van der Waals surface area contributed by atoms with E-state index in [2.05, 4.69) is 11.4 Å². The predicted molar refractivity (Wildman–Crippen MR) is 112 cm³/mol. The molecule has 1 fully saturated rings. The summed E-state index contributed by atoms with van der Waals surface area (Å²) in [5.41, 5.74) is 0.635. The van der Waals surface area contributed by atoms with E-state index in [0.717, 1.165) is 29.4 Å². The van der Waals surface area contributed by atoms with Crippen LogP contribution in [0, 0.1) is 11.8 Å². The van der Waals surface area contributed by atoms with Crippen molar-refractivity contribution in [1.29, 1.82) is 0 Å². The molecule has 4 rings (SSSR count). The summed E-state index contributed by atoms with van der Waals surface area (Å²) >= 11 is 0. The van der Waals surface area contributed by atoms with E-state index < -0.39 is 17.8 Å². The van der Waals surface area contributed by atoms with E-state index >= 15 is 0 Å². The number of amides is 1. The van der Waals surface area contributed by atoms with Crippen molar-refractivity contribution in [3.05, 3.63) is 66.7 Å². The Kier molecular flexibility index (Phi) is 5.47. The number of aliphatic carboxylic acids is 1. The monoisotopic (exact) mass is 389 g/mol. The lowest BCUT2D eigenvalue weighted by Gasteiger charge is -2.27. The minimum absolute atomic E-state index is 0.222.